The Morgan fingerprint density at radius 3 is 2.58 bits per heavy atom. The van der Waals surface area contributed by atoms with Gasteiger partial charge in [-0.25, -0.2) is 8.42 Å². The number of nitrogens with zero attached hydrogens (tertiary/aromatic N) is 1. The molecule has 4 rings (SSSR count). The lowest BCUT2D eigenvalue weighted by atomic mass is 10.2. The van der Waals surface area contributed by atoms with Crippen LogP contribution in [0.4, 0.5) is 0 Å². The number of thiophene rings is 1. The molecule has 0 spiro atoms. The highest BCUT2D eigenvalue weighted by atomic mass is 35.5. The van der Waals surface area contributed by atoms with Gasteiger partial charge in [-0.05, 0) is 53.4 Å². The molecule has 9 heteroatoms. The molecule has 2 aromatic heterocycles. The molecule has 0 bridgehead atoms. The predicted molar refractivity (Wildman–Crippen MR) is 121 cm³/mol. The molecule has 0 saturated carbocycles. The molecule has 0 saturated heterocycles. The lowest BCUT2D eigenvalue weighted by Gasteiger charge is -2.09. The first kappa shape index (κ1) is 21.3. The molecule has 0 fully saturated rings. The van der Waals surface area contributed by atoms with E-state index in [1.54, 1.807) is 30.6 Å². The number of sulfone groups is 1. The number of hydrogen-bond donors (Lipinski definition) is 1. The van der Waals surface area contributed by atoms with Crippen molar-refractivity contribution < 1.29 is 17.9 Å². The number of ether oxygens (including phenoxy) is 1. The van der Waals surface area contributed by atoms with Gasteiger partial charge in [-0.1, -0.05) is 23.7 Å². The molecular weight excluding hydrogens is 456 g/mol. The van der Waals surface area contributed by atoms with Crippen molar-refractivity contribution in [1.82, 2.24) is 10.3 Å². The first-order chi connectivity index (χ1) is 14.9. The fraction of sp³-hybridized carbons (Fsp3) is 0.0909. The molecule has 31 heavy (non-hydrogen) atoms. The van der Waals surface area contributed by atoms with E-state index in [9.17, 15) is 13.2 Å². The minimum Gasteiger partial charge on any atom is -0.497 e. The Morgan fingerprint density at radius 1 is 1.10 bits per heavy atom. The van der Waals surface area contributed by atoms with Crippen LogP contribution >= 0.6 is 22.9 Å². The average Bonchev–Trinajstić information content (AvgIpc) is 3.21. The topological polar surface area (TPSA) is 85.4 Å². The molecule has 0 unspecified atom stereocenters. The molecule has 2 heterocycles. The van der Waals surface area contributed by atoms with Gasteiger partial charge < -0.3 is 10.1 Å². The van der Waals surface area contributed by atoms with Gasteiger partial charge in [0.15, 0.2) is 0 Å². The number of methoxy groups -OCH3 is 1. The summed E-state index contributed by atoms with van der Waals surface area (Å²) in [5, 5.41) is 4.10. The van der Waals surface area contributed by atoms with Gasteiger partial charge in [0.05, 0.1) is 26.5 Å². The number of aromatic nitrogens is 1. The van der Waals surface area contributed by atoms with E-state index < -0.39 is 9.84 Å². The Kier molecular flexibility index (Phi) is 5.95. The Hall–Kier alpha value is -2.94. The summed E-state index contributed by atoms with van der Waals surface area (Å²) in [6, 6.07) is 14.4. The Bertz CT molecular complexity index is 1330. The van der Waals surface area contributed by atoms with E-state index >= 15 is 0 Å². The van der Waals surface area contributed by atoms with E-state index in [4.69, 9.17) is 16.3 Å². The van der Waals surface area contributed by atoms with Gasteiger partial charge in [-0.15, -0.1) is 11.3 Å². The highest BCUT2D eigenvalue weighted by Gasteiger charge is 2.19. The highest BCUT2D eigenvalue weighted by molar-refractivity contribution is 7.91. The monoisotopic (exact) mass is 472 g/mol. The minimum atomic E-state index is -3.76. The summed E-state index contributed by atoms with van der Waals surface area (Å²) < 4.78 is 31.9. The third kappa shape index (κ3) is 4.56. The first-order valence-corrected chi connectivity index (χ1v) is 11.8. The van der Waals surface area contributed by atoms with Crippen molar-refractivity contribution in [3.63, 3.8) is 0 Å². The van der Waals surface area contributed by atoms with Gasteiger partial charge in [0.25, 0.3) is 5.91 Å². The van der Waals surface area contributed by atoms with Gasteiger partial charge in [0.1, 0.15) is 5.75 Å². The number of benzene rings is 2. The molecule has 0 aliphatic carbocycles. The van der Waals surface area contributed by atoms with Crippen molar-refractivity contribution in [3.05, 3.63) is 82.5 Å². The van der Waals surface area contributed by atoms with Crippen molar-refractivity contribution in [2.24, 2.45) is 0 Å². The van der Waals surface area contributed by atoms with Crippen molar-refractivity contribution in [2.45, 2.75) is 16.3 Å². The van der Waals surface area contributed by atoms with Crippen LogP contribution < -0.4 is 10.1 Å². The van der Waals surface area contributed by atoms with Crippen LogP contribution in [-0.2, 0) is 16.4 Å². The van der Waals surface area contributed by atoms with E-state index in [1.165, 1.54) is 42.7 Å². The molecule has 4 aromatic rings. The largest absolute Gasteiger partial charge is 0.497 e. The van der Waals surface area contributed by atoms with E-state index in [2.05, 4.69) is 10.3 Å². The molecule has 1 amide bonds. The first-order valence-electron chi connectivity index (χ1n) is 9.17. The maximum absolute atomic E-state index is 12.9. The smallest absolute Gasteiger partial charge is 0.261 e. The number of carbonyl (C=O) groups is 1. The Morgan fingerprint density at radius 2 is 1.87 bits per heavy atom. The van der Waals surface area contributed by atoms with Crippen LogP contribution in [0.3, 0.4) is 0 Å². The number of nitrogens with one attached hydrogen (secondary N) is 1. The molecule has 0 aliphatic heterocycles. The maximum Gasteiger partial charge on any atom is 0.261 e. The Balaban J connectivity index is 1.47. The number of amides is 1. The van der Waals surface area contributed by atoms with Crippen molar-refractivity contribution in [2.75, 3.05) is 7.11 Å². The molecule has 1 N–H and O–H groups in total. The average molecular weight is 473 g/mol. The quantitative estimate of drug-likeness (QED) is 0.439. The predicted octanol–water partition coefficient (Wildman–Crippen LogP) is 4.72. The zero-order valence-electron chi connectivity index (χ0n) is 16.3. The van der Waals surface area contributed by atoms with Gasteiger partial charge in [-0.2, -0.15) is 0 Å². The second-order valence-corrected chi connectivity index (χ2v) is 10.2. The van der Waals surface area contributed by atoms with Gasteiger partial charge in [0, 0.05) is 24.0 Å². The van der Waals surface area contributed by atoms with Crippen LogP contribution in [0.15, 0.2) is 76.8 Å². The second-order valence-electron chi connectivity index (χ2n) is 6.68. The van der Waals surface area contributed by atoms with E-state index in [0.29, 0.717) is 10.6 Å². The van der Waals surface area contributed by atoms with Crippen LogP contribution in [0.25, 0.3) is 10.1 Å². The molecule has 6 nitrogen and oxygen atoms in total. The van der Waals surface area contributed by atoms with E-state index in [1.807, 2.05) is 12.1 Å². The van der Waals surface area contributed by atoms with E-state index in [-0.39, 0.29) is 27.3 Å². The molecular formula is C22H17ClN2O4S2. The number of hydrogen-bond acceptors (Lipinski definition) is 6. The zero-order valence-corrected chi connectivity index (χ0v) is 18.7. The standard InChI is InChI=1S/C22H17ClN2O4S2/c1-29-17-9-16(23)10-19(11-17)31(27,28)18-4-2-14(3-5-18)12-25-22(26)20-8-15-6-7-24-13-21(15)30-20/h2-11,13H,12H2,1H3,(H,25,26). The number of rotatable bonds is 6. The van der Waals surface area contributed by atoms with Crippen molar-refractivity contribution in [1.29, 1.82) is 0 Å². The summed E-state index contributed by atoms with van der Waals surface area (Å²) in [6.07, 6.45) is 3.41. The fourth-order valence-electron chi connectivity index (χ4n) is 3.00. The highest BCUT2D eigenvalue weighted by Crippen LogP contribution is 2.28. The van der Waals surface area contributed by atoms with Crippen LogP contribution in [-0.4, -0.2) is 26.4 Å². The van der Waals surface area contributed by atoms with Crippen LogP contribution in [0.1, 0.15) is 15.2 Å². The third-order valence-electron chi connectivity index (χ3n) is 4.62. The van der Waals surface area contributed by atoms with Crippen molar-refractivity contribution in [3.8, 4) is 5.75 Å². The third-order valence-corrected chi connectivity index (χ3v) is 7.68. The molecule has 0 aliphatic rings. The van der Waals surface area contributed by atoms with Crippen molar-refractivity contribution >= 4 is 48.8 Å². The lowest BCUT2D eigenvalue weighted by molar-refractivity contribution is 0.0955. The summed E-state index contributed by atoms with van der Waals surface area (Å²) in [7, 11) is -2.31. The van der Waals surface area contributed by atoms with Gasteiger partial charge >= 0.3 is 0 Å². The summed E-state index contributed by atoms with van der Waals surface area (Å²) in [5.74, 6) is 0.173. The van der Waals surface area contributed by atoms with Gasteiger partial charge in [-0.3, -0.25) is 9.78 Å². The maximum atomic E-state index is 12.9. The number of pyridine rings is 1. The summed E-state index contributed by atoms with van der Waals surface area (Å²) >= 11 is 7.38. The lowest BCUT2D eigenvalue weighted by Crippen LogP contribution is -2.21. The zero-order chi connectivity index (χ0) is 22.0. The second kappa shape index (κ2) is 8.66. The summed E-state index contributed by atoms with van der Waals surface area (Å²) in [6.45, 7) is 0.274. The summed E-state index contributed by atoms with van der Waals surface area (Å²) in [5.41, 5.74) is 0.777. The van der Waals surface area contributed by atoms with Gasteiger partial charge in [0.2, 0.25) is 9.84 Å². The molecule has 0 atom stereocenters. The normalized spacial score (nSPS) is 11.4. The fourth-order valence-corrected chi connectivity index (χ4v) is 5.55. The minimum absolute atomic E-state index is 0.0529. The number of halogens is 1. The Labute approximate surface area is 188 Å². The number of fused-ring (bicyclic) bond motifs is 1. The number of carbonyl (C=O) groups excluding carboxylic acids is 1. The van der Waals surface area contributed by atoms with Crippen LogP contribution in [0.2, 0.25) is 5.02 Å². The molecule has 2 aromatic carbocycles. The molecule has 158 valence electrons. The molecule has 0 radical (unpaired) electrons. The SMILES string of the molecule is COc1cc(Cl)cc(S(=O)(=O)c2ccc(CNC(=O)c3cc4ccncc4s3)cc2)c1. The van der Waals surface area contributed by atoms with E-state index in [0.717, 1.165) is 15.6 Å². The van der Waals surface area contributed by atoms with Crippen LogP contribution in [0, 0.1) is 0 Å². The van der Waals surface area contributed by atoms with Crippen LogP contribution in [0.5, 0.6) is 5.75 Å². The summed E-state index contributed by atoms with van der Waals surface area (Å²) in [4.78, 5) is 17.3.